The van der Waals surface area contributed by atoms with Crippen molar-refractivity contribution < 1.29 is 4.79 Å². The lowest BCUT2D eigenvalue weighted by atomic mass is 10.1. The van der Waals surface area contributed by atoms with Gasteiger partial charge in [0.25, 0.3) is 5.91 Å². The fraction of sp³-hybridized carbons (Fsp3) is 0.214. The Labute approximate surface area is 117 Å². The molecular formula is C14H15N3OS. The van der Waals surface area contributed by atoms with Crippen LogP contribution >= 0.6 is 12.2 Å². The predicted molar refractivity (Wildman–Crippen MR) is 80.0 cm³/mol. The molecule has 0 fully saturated rings. The molecule has 0 aliphatic carbocycles. The van der Waals surface area contributed by atoms with Crippen LogP contribution in [0, 0.1) is 5.92 Å². The van der Waals surface area contributed by atoms with Crippen LogP contribution in [0.1, 0.15) is 17.4 Å². The number of nitrogens with two attached hydrogens (primary N) is 1. The highest BCUT2D eigenvalue weighted by Gasteiger charge is 2.10. The van der Waals surface area contributed by atoms with Crippen LogP contribution < -0.4 is 11.1 Å². The number of rotatable bonds is 4. The zero-order valence-electron chi connectivity index (χ0n) is 10.6. The van der Waals surface area contributed by atoms with Crippen LogP contribution in [0.25, 0.3) is 10.9 Å². The molecule has 1 heterocycles. The van der Waals surface area contributed by atoms with Crippen molar-refractivity contribution in [1.29, 1.82) is 0 Å². The Hall–Kier alpha value is -2.01. The maximum Gasteiger partial charge on any atom is 0.269 e. The molecule has 0 spiro atoms. The molecule has 1 aromatic heterocycles. The molecule has 0 saturated heterocycles. The van der Waals surface area contributed by atoms with Gasteiger partial charge in [-0.3, -0.25) is 4.79 Å². The summed E-state index contributed by atoms with van der Waals surface area (Å²) < 4.78 is 0. The Morgan fingerprint density at radius 1 is 1.37 bits per heavy atom. The Morgan fingerprint density at radius 2 is 2.11 bits per heavy atom. The first-order chi connectivity index (χ1) is 9.08. The zero-order valence-corrected chi connectivity index (χ0v) is 11.4. The molecule has 2 aromatic rings. The van der Waals surface area contributed by atoms with Crippen molar-refractivity contribution in [3.63, 3.8) is 0 Å². The third kappa shape index (κ3) is 3.26. The van der Waals surface area contributed by atoms with Crippen LogP contribution in [-0.4, -0.2) is 22.4 Å². The molecular weight excluding hydrogens is 258 g/mol. The van der Waals surface area contributed by atoms with E-state index in [0.717, 1.165) is 10.9 Å². The number of hydrogen-bond acceptors (Lipinski definition) is 3. The second-order valence-electron chi connectivity index (χ2n) is 4.40. The van der Waals surface area contributed by atoms with Gasteiger partial charge in [0.05, 0.1) is 10.5 Å². The smallest absolute Gasteiger partial charge is 0.269 e. The van der Waals surface area contributed by atoms with Crippen molar-refractivity contribution in [2.45, 2.75) is 6.92 Å². The fourth-order valence-corrected chi connectivity index (χ4v) is 1.71. The van der Waals surface area contributed by atoms with Crippen LogP contribution in [0.4, 0.5) is 0 Å². The standard InChI is InChI=1S/C14H15N3OS/c1-9(13(15)19)8-16-14(18)12-7-6-10-4-2-3-5-11(10)17-12/h2-7,9H,8H2,1H3,(H2,15,19)(H,16,18). The molecule has 0 aliphatic rings. The van der Waals surface area contributed by atoms with Gasteiger partial charge in [0.1, 0.15) is 5.69 Å². The Morgan fingerprint density at radius 3 is 2.84 bits per heavy atom. The SMILES string of the molecule is CC(CNC(=O)c1ccc2ccccc2n1)C(N)=S. The van der Waals surface area contributed by atoms with Crippen molar-refractivity contribution in [2.75, 3.05) is 6.54 Å². The van der Waals surface area contributed by atoms with Gasteiger partial charge in [-0.05, 0) is 12.1 Å². The molecule has 0 radical (unpaired) electrons. The van der Waals surface area contributed by atoms with Gasteiger partial charge in [0.15, 0.2) is 0 Å². The predicted octanol–water partition coefficient (Wildman–Crippen LogP) is 1.89. The lowest BCUT2D eigenvalue weighted by Gasteiger charge is -2.10. The maximum atomic E-state index is 12.0. The lowest BCUT2D eigenvalue weighted by molar-refractivity contribution is 0.0946. The molecule has 0 bridgehead atoms. The Bertz CT molecular complexity index is 627. The summed E-state index contributed by atoms with van der Waals surface area (Å²) in [5.74, 6) is -0.242. The second kappa shape index (κ2) is 5.75. The summed E-state index contributed by atoms with van der Waals surface area (Å²) in [4.78, 5) is 16.7. The van der Waals surface area contributed by atoms with E-state index in [2.05, 4.69) is 10.3 Å². The van der Waals surface area contributed by atoms with Crippen LogP contribution in [0.3, 0.4) is 0 Å². The number of nitrogens with zero attached hydrogens (tertiary/aromatic N) is 1. The van der Waals surface area contributed by atoms with Gasteiger partial charge in [-0.15, -0.1) is 0 Å². The number of pyridine rings is 1. The molecule has 0 aliphatic heterocycles. The third-order valence-corrected chi connectivity index (χ3v) is 3.29. The normalized spacial score (nSPS) is 12.1. The second-order valence-corrected chi connectivity index (χ2v) is 4.87. The number of thiocarbonyl (C=S) groups is 1. The molecule has 2 rings (SSSR count). The lowest BCUT2D eigenvalue weighted by Crippen LogP contribution is -2.34. The molecule has 1 unspecified atom stereocenters. The van der Waals surface area contributed by atoms with Crippen molar-refractivity contribution >= 4 is 34.0 Å². The van der Waals surface area contributed by atoms with Crippen molar-refractivity contribution in [3.8, 4) is 0 Å². The molecule has 5 heteroatoms. The van der Waals surface area contributed by atoms with Crippen molar-refractivity contribution in [1.82, 2.24) is 10.3 Å². The number of aromatic nitrogens is 1. The van der Waals surface area contributed by atoms with E-state index in [0.29, 0.717) is 17.2 Å². The van der Waals surface area contributed by atoms with Gasteiger partial charge in [-0.1, -0.05) is 43.4 Å². The van der Waals surface area contributed by atoms with Crippen molar-refractivity contribution in [3.05, 3.63) is 42.1 Å². The van der Waals surface area contributed by atoms with Crippen molar-refractivity contribution in [2.24, 2.45) is 11.7 Å². The summed E-state index contributed by atoms with van der Waals surface area (Å²) in [6.45, 7) is 2.29. The number of hydrogen-bond donors (Lipinski definition) is 2. The van der Waals surface area contributed by atoms with E-state index in [1.807, 2.05) is 37.3 Å². The first-order valence-electron chi connectivity index (χ1n) is 6.01. The molecule has 19 heavy (non-hydrogen) atoms. The van der Waals surface area contributed by atoms with E-state index in [-0.39, 0.29) is 11.8 Å². The summed E-state index contributed by atoms with van der Waals surface area (Å²) in [6, 6.07) is 11.3. The molecule has 1 atom stereocenters. The average molecular weight is 273 g/mol. The maximum absolute atomic E-state index is 12.0. The number of para-hydroxylation sites is 1. The molecule has 1 amide bonds. The minimum absolute atomic E-state index is 0.0283. The minimum atomic E-state index is -0.214. The van der Waals surface area contributed by atoms with E-state index in [1.54, 1.807) is 6.07 Å². The van der Waals surface area contributed by atoms with Crippen LogP contribution in [0.2, 0.25) is 0 Å². The van der Waals surface area contributed by atoms with Gasteiger partial charge < -0.3 is 11.1 Å². The molecule has 4 nitrogen and oxygen atoms in total. The number of carbonyl (C=O) groups is 1. The largest absolute Gasteiger partial charge is 0.393 e. The third-order valence-electron chi connectivity index (χ3n) is 2.89. The topological polar surface area (TPSA) is 68.0 Å². The number of fused-ring (bicyclic) bond motifs is 1. The van der Waals surface area contributed by atoms with E-state index in [1.165, 1.54) is 0 Å². The molecule has 3 N–H and O–H groups in total. The first kappa shape index (κ1) is 13.4. The summed E-state index contributed by atoms with van der Waals surface area (Å²) in [7, 11) is 0. The van der Waals surface area contributed by atoms with E-state index >= 15 is 0 Å². The molecule has 1 aromatic carbocycles. The average Bonchev–Trinajstić information content (AvgIpc) is 2.43. The zero-order chi connectivity index (χ0) is 13.8. The number of nitrogens with one attached hydrogen (secondary N) is 1. The van der Waals surface area contributed by atoms with Crippen LogP contribution in [0.15, 0.2) is 36.4 Å². The molecule has 98 valence electrons. The molecule has 0 saturated carbocycles. The Kier molecular flexibility index (Phi) is 4.06. The number of amides is 1. The number of benzene rings is 1. The van der Waals surface area contributed by atoms with Gasteiger partial charge in [-0.2, -0.15) is 0 Å². The summed E-state index contributed by atoms with van der Waals surface area (Å²) in [5.41, 5.74) is 6.70. The van der Waals surface area contributed by atoms with E-state index in [9.17, 15) is 4.79 Å². The summed E-state index contributed by atoms with van der Waals surface area (Å²) >= 11 is 4.86. The highest BCUT2D eigenvalue weighted by atomic mass is 32.1. The highest BCUT2D eigenvalue weighted by molar-refractivity contribution is 7.80. The quantitative estimate of drug-likeness (QED) is 0.835. The Balaban J connectivity index is 2.11. The minimum Gasteiger partial charge on any atom is -0.393 e. The summed E-state index contributed by atoms with van der Waals surface area (Å²) in [6.07, 6.45) is 0. The van der Waals surface area contributed by atoms with Gasteiger partial charge in [0, 0.05) is 17.8 Å². The summed E-state index contributed by atoms with van der Waals surface area (Å²) in [5, 5.41) is 3.79. The van der Waals surface area contributed by atoms with Gasteiger partial charge in [0.2, 0.25) is 0 Å². The van der Waals surface area contributed by atoms with Gasteiger partial charge >= 0.3 is 0 Å². The van der Waals surface area contributed by atoms with Crippen LogP contribution in [-0.2, 0) is 0 Å². The first-order valence-corrected chi connectivity index (χ1v) is 6.42. The van der Waals surface area contributed by atoms with E-state index < -0.39 is 0 Å². The van der Waals surface area contributed by atoms with E-state index in [4.69, 9.17) is 18.0 Å². The van der Waals surface area contributed by atoms with Crippen LogP contribution in [0.5, 0.6) is 0 Å². The number of carbonyl (C=O) groups excluding carboxylic acids is 1. The monoisotopic (exact) mass is 273 g/mol. The fourth-order valence-electron chi connectivity index (χ4n) is 1.63. The van der Waals surface area contributed by atoms with Gasteiger partial charge in [-0.25, -0.2) is 4.98 Å². The highest BCUT2D eigenvalue weighted by Crippen LogP contribution is 2.11.